The predicted molar refractivity (Wildman–Crippen MR) is 127 cm³/mol. The topological polar surface area (TPSA) is 99.8 Å². The van der Waals surface area contributed by atoms with Crippen molar-refractivity contribution in [1.29, 1.82) is 0 Å². The van der Waals surface area contributed by atoms with Crippen LogP contribution in [0.3, 0.4) is 0 Å². The summed E-state index contributed by atoms with van der Waals surface area (Å²) in [5, 5.41) is 8.43. The van der Waals surface area contributed by atoms with Crippen LogP contribution in [0.2, 0.25) is 0 Å². The molecule has 1 aliphatic rings. The van der Waals surface area contributed by atoms with E-state index in [1.54, 1.807) is 13.1 Å². The summed E-state index contributed by atoms with van der Waals surface area (Å²) < 4.78 is 5.16. The number of carbonyl (C=O) groups is 3. The molecule has 180 valence electrons. The Labute approximate surface area is 192 Å². The first-order chi connectivity index (χ1) is 15.1. The second-order valence-electron chi connectivity index (χ2n) is 9.06. The van der Waals surface area contributed by atoms with Crippen LogP contribution in [0.15, 0.2) is 36.5 Å². The minimum Gasteiger partial charge on any atom is -0.445 e. The average Bonchev–Trinajstić information content (AvgIpc) is 3.18. The highest BCUT2D eigenvalue weighted by molar-refractivity contribution is 5.89. The number of hydrogen-bond donors (Lipinski definition) is 3. The van der Waals surface area contributed by atoms with E-state index in [0.717, 1.165) is 12.8 Å². The molecule has 1 saturated heterocycles. The maximum absolute atomic E-state index is 13.3. The van der Waals surface area contributed by atoms with Crippen LogP contribution >= 0.6 is 0 Å². The third-order valence-corrected chi connectivity index (χ3v) is 5.19. The molecular formula is C24H40N4O4. The molecule has 32 heavy (non-hydrogen) atoms. The van der Waals surface area contributed by atoms with Crippen LogP contribution in [0.25, 0.3) is 0 Å². The molecule has 1 heterocycles. The molecule has 0 aromatic carbocycles. The predicted octanol–water partition coefficient (Wildman–Crippen LogP) is 2.53. The van der Waals surface area contributed by atoms with Gasteiger partial charge in [0.1, 0.15) is 12.6 Å². The lowest BCUT2D eigenvalue weighted by atomic mass is 9.85. The van der Waals surface area contributed by atoms with Crippen molar-refractivity contribution in [2.24, 2.45) is 5.41 Å². The van der Waals surface area contributed by atoms with E-state index < -0.39 is 17.6 Å². The van der Waals surface area contributed by atoms with Crippen LogP contribution in [0, 0.1) is 5.41 Å². The summed E-state index contributed by atoms with van der Waals surface area (Å²) in [4.78, 5) is 39.2. The van der Waals surface area contributed by atoms with Crippen molar-refractivity contribution in [1.82, 2.24) is 20.9 Å². The van der Waals surface area contributed by atoms with Gasteiger partial charge in [-0.3, -0.25) is 9.59 Å². The number of alkyl carbamates (subject to hydrolysis) is 1. The summed E-state index contributed by atoms with van der Waals surface area (Å²) >= 11 is 0. The lowest BCUT2D eigenvalue weighted by molar-refractivity contribution is -0.140. The largest absolute Gasteiger partial charge is 0.445 e. The van der Waals surface area contributed by atoms with Crippen molar-refractivity contribution in [2.45, 2.75) is 59.0 Å². The van der Waals surface area contributed by atoms with Gasteiger partial charge in [0.2, 0.25) is 11.8 Å². The maximum Gasteiger partial charge on any atom is 0.407 e. The summed E-state index contributed by atoms with van der Waals surface area (Å²) in [7, 11) is 1.69. The van der Waals surface area contributed by atoms with Crippen LogP contribution in [-0.2, 0) is 14.3 Å². The molecule has 0 aromatic rings. The molecule has 1 rings (SSSR count). The van der Waals surface area contributed by atoms with E-state index in [1.807, 2.05) is 50.8 Å². The summed E-state index contributed by atoms with van der Waals surface area (Å²) in [6.45, 7) is 12.9. The van der Waals surface area contributed by atoms with E-state index in [4.69, 9.17) is 4.74 Å². The average molecular weight is 449 g/mol. The van der Waals surface area contributed by atoms with Gasteiger partial charge in [0.15, 0.2) is 0 Å². The molecule has 2 atom stereocenters. The zero-order chi connectivity index (χ0) is 24.1. The number of allylic oxidation sites excluding steroid dienone is 3. The van der Waals surface area contributed by atoms with Gasteiger partial charge in [0.05, 0.1) is 6.54 Å². The Balaban J connectivity index is 2.56. The fourth-order valence-electron chi connectivity index (χ4n) is 3.51. The molecule has 0 saturated carbocycles. The molecule has 1 aliphatic heterocycles. The van der Waals surface area contributed by atoms with Crippen LogP contribution in [-0.4, -0.2) is 68.2 Å². The number of hydrogen-bond acceptors (Lipinski definition) is 5. The zero-order valence-corrected chi connectivity index (χ0v) is 20.2. The lowest BCUT2D eigenvalue weighted by Gasteiger charge is -2.36. The highest BCUT2D eigenvalue weighted by Crippen LogP contribution is 2.26. The molecule has 0 radical (unpaired) electrons. The summed E-state index contributed by atoms with van der Waals surface area (Å²) in [5.74, 6) is -0.278. The van der Waals surface area contributed by atoms with Gasteiger partial charge in [-0.05, 0) is 44.2 Å². The van der Waals surface area contributed by atoms with Crippen molar-refractivity contribution in [3.05, 3.63) is 36.5 Å². The van der Waals surface area contributed by atoms with Gasteiger partial charge in [0, 0.05) is 19.1 Å². The molecule has 2 unspecified atom stereocenters. The molecule has 8 heteroatoms. The van der Waals surface area contributed by atoms with E-state index in [9.17, 15) is 14.4 Å². The van der Waals surface area contributed by atoms with Crippen molar-refractivity contribution < 1.29 is 19.1 Å². The Morgan fingerprint density at radius 1 is 1.25 bits per heavy atom. The van der Waals surface area contributed by atoms with Crippen LogP contribution in [0.5, 0.6) is 0 Å². The zero-order valence-electron chi connectivity index (χ0n) is 20.2. The minimum absolute atomic E-state index is 0.0209. The van der Waals surface area contributed by atoms with Gasteiger partial charge in [-0.15, -0.1) is 0 Å². The molecule has 3 amide bonds. The fraction of sp³-hybridized carbons (Fsp3) is 0.625. The SMILES string of the molecule is C=C(C=CC=CC)COC(=O)NCCC1CCCN1C(=O)C(NC(=O)CNC)C(C)(C)C. The second-order valence-corrected chi connectivity index (χ2v) is 9.06. The van der Waals surface area contributed by atoms with Crippen LogP contribution < -0.4 is 16.0 Å². The first-order valence-corrected chi connectivity index (χ1v) is 11.2. The molecule has 3 N–H and O–H groups in total. The third-order valence-electron chi connectivity index (χ3n) is 5.19. The first-order valence-electron chi connectivity index (χ1n) is 11.2. The maximum atomic E-state index is 13.3. The second kappa shape index (κ2) is 13.7. The third kappa shape index (κ3) is 9.68. The summed E-state index contributed by atoms with van der Waals surface area (Å²) in [6, 6.07) is -0.587. The van der Waals surface area contributed by atoms with Crippen LogP contribution in [0.1, 0.15) is 47.0 Å². The Hall–Kier alpha value is -2.61. The fourth-order valence-corrected chi connectivity index (χ4v) is 3.51. The molecule has 0 aromatic heterocycles. The quantitative estimate of drug-likeness (QED) is 0.422. The van der Waals surface area contributed by atoms with Crippen molar-refractivity contribution in [3.8, 4) is 0 Å². The number of nitrogens with one attached hydrogen (secondary N) is 3. The molecule has 8 nitrogen and oxygen atoms in total. The van der Waals surface area contributed by atoms with Gasteiger partial charge in [-0.25, -0.2) is 4.79 Å². The Kier molecular flexibility index (Phi) is 11.8. The van der Waals surface area contributed by atoms with Gasteiger partial charge in [0.25, 0.3) is 0 Å². The first kappa shape index (κ1) is 27.4. The van der Waals surface area contributed by atoms with E-state index in [0.29, 0.717) is 25.1 Å². The number of rotatable bonds is 11. The van der Waals surface area contributed by atoms with Gasteiger partial charge >= 0.3 is 6.09 Å². The number of amides is 3. The molecule has 0 spiro atoms. The molecule has 0 bridgehead atoms. The number of likely N-dealkylation sites (N-methyl/N-ethyl adjacent to an activating group) is 1. The number of likely N-dealkylation sites (tertiary alicyclic amines) is 1. The molecule has 1 fully saturated rings. The smallest absolute Gasteiger partial charge is 0.407 e. The molecular weight excluding hydrogens is 408 g/mol. The number of ether oxygens (including phenoxy) is 1. The highest BCUT2D eigenvalue weighted by atomic mass is 16.5. The molecule has 0 aliphatic carbocycles. The Morgan fingerprint density at radius 3 is 2.59 bits per heavy atom. The van der Waals surface area contributed by atoms with Crippen molar-refractivity contribution >= 4 is 17.9 Å². The Morgan fingerprint density at radius 2 is 1.97 bits per heavy atom. The summed E-state index contributed by atoms with van der Waals surface area (Å²) in [5.41, 5.74) is 0.277. The summed E-state index contributed by atoms with van der Waals surface area (Å²) in [6.07, 6.45) is 9.29. The minimum atomic E-state index is -0.608. The van der Waals surface area contributed by atoms with E-state index in [-0.39, 0.29) is 31.0 Å². The number of nitrogens with zero attached hydrogens (tertiary/aromatic N) is 1. The number of carbonyl (C=O) groups excluding carboxylic acids is 3. The van der Waals surface area contributed by atoms with Crippen molar-refractivity contribution in [2.75, 3.05) is 33.3 Å². The van der Waals surface area contributed by atoms with E-state index >= 15 is 0 Å². The standard InChI is InChI=1S/C24H40N4O4/c1-7-8-9-11-18(2)17-32-23(31)26-14-13-19-12-10-15-28(19)22(30)21(24(3,4)5)27-20(29)16-25-6/h7-9,11,19,21,25H,2,10,12-17H2,1,3-6H3,(H,26,31)(H,27,29). The van der Waals surface area contributed by atoms with Gasteiger partial charge < -0.3 is 25.6 Å². The van der Waals surface area contributed by atoms with Gasteiger partial charge in [-0.1, -0.05) is 51.7 Å². The van der Waals surface area contributed by atoms with Gasteiger partial charge in [-0.2, -0.15) is 0 Å². The monoisotopic (exact) mass is 448 g/mol. The van der Waals surface area contributed by atoms with E-state index in [1.165, 1.54) is 0 Å². The Bertz CT molecular complexity index is 709. The van der Waals surface area contributed by atoms with Crippen molar-refractivity contribution in [3.63, 3.8) is 0 Å². The normalized spacial score (nSPS) is 17.5. The van der Waals surface area contributed by atoms with E-state index in [2.05, 4.69) is 22.5 Å². The highest BCUT2D eigenvalue weighted by Gasteiger charge is 2.39. The lowest BCUT2D eigenvalue weighted by Crippen LogP contribution is -2.56. The van der Waals surface area contributed by atoms with Crippen LogP contribution in [0.4, 0.5) is 4.79 Å².